The summed E-state index contributed by atoms with van der Waals surface area (Å²) in [7, 11) is 1.82. The second-order valence-corrected chi connectivity index (χ2v) is 4.34. The van der Waals surface area contributed by atoms with Crippen molar-refractivity contribution in [3.63, 3.8) is 0 Å². The van der Waals surface area contributed by atoms with Crippen LogP contribution in [0.15, 0.2) is 36.5 Å². The van der Waals surface area contributed by atoms with E-state index in [4.69, 9.17) is 0 Å². The van der Waals surface area contributed by atoms with Crippen molar-refractivity contribution in [3.8, 4) is 0 Å². The Hall–Kier alpha value is -2.30. The fourth-order valence-corrected chi connectivity index (χ4v) is 2.00. The van der Waals surface area contributed by atoms with Gasteiger partial charge in [-0.05, 0) is 12.0 Å². The predicted molar refractivity (Wildman–Crippen MR) is 73.0 cm³/mol. The van der Waals surface area contributed by atoms with Gasteiger partial charge in [0.2, 0.25) is 0 Å². The number of carbonyl (C=O) groups is 1. The zero-order chi connectivity index (χ0) is 13.8. The quantitative estimate of drug-likeness (QED) is 0.864. The van der Waals surface area contributed by atoms with Crippen molar-refractivity contribution < 1.29 is 9.90 Å². The zero-order valence-electron chi connectivity index (χ0n) is 11.0. The zero-order valence-corrected chi connectivity index (χ0v) is 11.0. The summed E-state index contributed by atoms with van der Waals surface area (Å²) in [5.74, 6) is -0.905. The Bertz CT molecular complexity index is 563. The number of aliphatic carboxylic acids is 1. The lowest BCUT2D eigenvalue weighted by molar-refractivity contribution is -0.138. The largest absolute Gasteiger partial charge is 0.479 e. The Morgan fingerprint density at radius 1 is 1.42 bits per heavy atom. The Labute approximate surface area is 111 Å². The maximum atomic E-state index is 11.4. The molecule has 0 aliphatic heterocycles. The van der Waals surface area contributed by atoms with Gasteiger partial charge in [0.15, 0.2) is 6.04 Å². The van der Waals surface area contributed by atoms with Gasteiger partial charge in [-0.25, -0.2) is 4.79 Å². The molecular formula is C14H17N3O2. The highest BCUT2D eigenvalue weighted by atomic mass is 16.4. The third-order valence-corrected chi connectivity index (χ3v) is 2.92. The molecule has 0 saturated carbocycles. The van der Waals surface area contributed by atoms with E-state index in [1.807, 2.05) is 32.2 Å². The molecule has 19 heavy (non-hydrogen) atoms. The third-order valence-electron chi connectivity index (χ3n) is 2.92. The lowest BCUT2D eigenvalue weighted by atomic mass is 10.1. The summed E-state index contributed by atoms with van der Waals surface area (Å²) >= 11 is 0. The average molecular weight is 259 g/mol. The molecule has 5 heteroatoms. The third kappa shape index (κ3) is 2.93. The van der Waals surface area contributed by atoms with Crippen molar-refractivity contribution in [1.29, 1.82) is 0 Å². The van der Waals surface area contributed by atoms with Crippen LogP contribution in [0.3, 0.4) is 0 Å². The molecule has 1 unspecified atom stereocenters. The van der Waals surface area contributed by atoms with Gasteiger partial charge in [-0.3, -0.25) is 4.68 Å². The smallest absolute Gasteiger partial charge is 0.330 e. The molecule has 0 aliphatic rings. The van der Waals surface area contributed by atoms with Crippen LogP contribution in [0, 0.1) is 0 Å². The maximum absolute atomic E-state index is 11.4. The Morgan fingerprint density at radius 2 is 2.11 bits per heavy atom. The summed E-state index contributed by atoms with van der Waals surface area (Å²) in [6.45, 7) is 1.99. The number of carboxylic acid groups (broad SMARTS) is 1. The van der Waals surface area contributed by atoms with E-state index >= 15 is 0 Å². The van der Waals surface area contributed by atoms with E-state index in [1.165, 1.54) is 0 Å². The van der Waals surface area contributed by atoms with E-state index in [2.05, 4.69) is 10.4 Å². The van der Waals surface area contributed by atoms with Crippen LogP contribution >= 0.6 is 0 Å². The van der Waals surface area contributed by atoms with Gasteiger partial charge in [0.25, 0.3) is 0 Å². The van der Waals surface area contributed by atoms with Crippen molar-refractivity contribution in [2.75, 3.05) is 5.32 Å². The van der Waals surface area contributed by atoms with Gasteiger partial charge in [-0.2, -0.15) is 5.10 Å². The minimum atomic E-state index is -0.905. The SMILES string of the molecule is CCc1nn(C)cc1NC(C(=O)O)c1ccccc1. The topological polar surface area (TPSA) is 67.2 Å². The van der Waals surface area contributed by atoms with Crippen LogP contribution in [0.4, 0.5) is 5.69 Å². The van der Waals surface area contributed by atoms with E-state index in [1.54, 1.807) is 23.0 Å². The number of aryl methyl sites for hydroxylation is 2. The normalized spacial score (nSPS) is 12.1. The molecule has 1 atom stereocenters. The number of nitrogens with zero attached hydrogens (tertiary/aromatic N) is 2. The van der Waals surface area contributed by atoms with Gasteiger partial charge in [0, 0.05) is 13.2 Å². The van der Waals surface area contributed by atoms with Gasteiger partial charge in [0.05, 0.1) is 11.4 Å². The van der Waals surface area contributed by atoms with Crippen molar-refractivity contribution in [1.82, 2.24) is 9.78 Å². The number of rotatable bonds is 5. The number of hydrogen-bond acceptors (Lipinski definition) is 3. The van der Waals surface area contributed by atoms with Crippen LogP contribution in [-0.4, -0.2) is 20.9 Å². The molecule has 0 fully saturated rings. The van der Waals surface area contributed by atoms with E-state index in [0.717, 1.165) is 23.4 Å². The first-order valence-corrected chi connectivity index (χ1v) is 6.18. The summed E-state index contributed by atoms with van der Waals surface area (Å²) in [4.78, 5) is 11.4. The summed E-state index contributed by atoms with van der Waals surface area (Å²) in [6, 6.07) is 8.36. The van der Waals surface area contributed by atoms with Gasteiger partial charge in [0.1, 0.15) is 0 Å². The van der Waals surface area contributed by atoms with Gasteiger partial charge < -0.3 is 10.4 Å². The van der Waals surface area contributed by atoms with Crippen molar-refractivity contribution >= 4 is 11.7 Å². The predicted octanol–water partition coefficient (Wildman–Crippen LogP) is 2.22. The van der Waals surface area contributed by atoms with Crippen molar-refractivity contribution in [2.45, 2.75) is 19.4 Å². The standard InChI is InChI=1S/C14H17N3O2/c1-3-11-12(9-17(2)16-11)15-13(14(18)19)10-7-5-4-6-8-10/h4-9,13,15H,3H2,1-2H3,(H,18,19). The van der Waals surface area contributed by atoms with Crippen molar-refractivity contribution in [2.24, 2.45) is 7.05 Å². The molecule has 100 valence electrons. The molecule has 2 rings (SSSR count). The lowest BCUT2D eigenvalue weighted by Gasteiger charge is -2.15. The summed E-state index contributed by atoms with van der Waals surface area (Å²) < 4.78 is 1.69. The molecule has 5 nitrogen and oxygen atoms in total. The molecule has 2 aromatic rings. The van der Waals surface area contributed by atoms with E-state index in [-0.39, 0.29) is 0 Å². The first-order valence-electron chi connectivity index (χ1n) is 6.18. The lowest BCUT2D eigenvalue weighted by Crippen LogP contribution is -2.20. The number of benzene rings is 1. The fourth-order valence-electron chi connectivity index (χ4n) is 2.00. The number of carboxylic acids is 1. The molecule has 2 N–H and O–H groups in total. The van der Waals surface area contributed by atoms with Crippen LogP contribution in [0.25, 0.3) is 0 Å². The Morgan fingerprint density at radius 3 is 2.68 bits per heavy atom. The molecule has 1 aromatic carbocycles. The molecule has 0 aliphatic carbocycles. The van der Waals surface area contributed by atoms with E-state index in [9.17, 15) is 9.90 Å². The maximum Gasteiger partial charge on any atom is 0.330 e. The summed E-state index contributed by atoms with van der Waals surface area (Å²) in [5.41, 5.74) is 2.35. The highest BCUT2D eigenvalue weighted by molar-refractivity contribution is 5.79. The van der Waals surface area contributed by atoms with Crippen LogP contribution < -0.4 is 5.32 Å². The molecule has 0 amide bonds. The molecule has 0 spiro atoms. The van der Waals surface area contributed by atoms with E-state index in [0.29, 0.717) is 0 Å². The summed E-state index contributed by atoms with van der Waals surface area (Å²) in [5, 5.41) is 16.7. The minimum Gasteiger partial charge on any atom is -0.479 e. The average Bonchev–Trinajstić information content (AvgIpc) is 2.76. The molecule has 0 saturated heterocycles. The highest BCUT2D eigenvalue weighted by Crippen LogP contribution is 2.22. The first kappa shape index (κ1) is 13.1. The number of hydrogen-bond donors (Lipinski definition) is 2. The van der Waals surface area contributed by atoms with Crippen LogP contribution in [0.5, 0.6) is 0 Å². The summed E-state index contributed by atoms with van der Waals surface area (Å²) in [6.07, 6.45) is 2.56. The highest BCUT2D eigenvalue weighted by Gasteiger charge is 2.21. The molecule has 0 radical (unpaired) electrons. The Balaban J connectivity index is 2.29. The molecule has 0 bridgehead atoms. The van der Waals surface area contributed by atoms with Gasteiger partial charge in [-0.1, -0.05) is 37.3 Å². The van der Waals surface area contributed by atoms with Crippen LogP contribution in [0.1, 0.15) is 24.2 Å². The van der Waals surface area contributed by atoms with E-state index < -0.39 is 12.0 Å². The molecule has 1 aromatic heterocycles. The van der Waals surface area contributed by atoms with Gasteiger partial charge in [-0.15, -0.1) is 0 Å². The Kier molecular flexibility index (Phi) is 3.85. The second-order valence-electron chi connectivity index (χ2n) is 4.34. The number of nitrogens with one attached hydrogen (secondary N) is 1. The molecule has 1 heterocycles. The fraction of sp³-hybridized carbons (Fsp3) is 0.286. The molecular weight excluding hydrogens is 242 g/mol. The first-order chi connectivity index (χ1) is 9.11. The van der Waals surface area contributed by atoms with Crippen molar-refractivity contribution in [3.05, 3.63) is 47.8 Å². The monoisotopic (exact) mass is 259 g/mol. The minimum absolute atomic E-state index is 0.723. The van der Waals surface area contributed by atoms with Crippen LogP contribution in [0.2, 0.25) is 0 Å². The second kappa shape index (κ2) is 5.56. The van der Waals surface area contributed by atoms with Gasteiger partial charge >= 0.3 is 5.97 Å². The van der Waals surface area contributed by atoms with Crippen LogP contribution in [-0.2, 0) is 18.3 Å². The number of aromatic nitrogens is 2. The number of anilines is 1.